The first-order chi connectivity index (χ1) is 7.47. The van der Waals surface area contributed by atoms with Crippen LogP contribution in [-0.4, -0.2) is 41.1 Å². The predicted octanol–water partition coefficient (Wildman–Crippen LogP) is -0.568. The number of rotatable bonds is 4. The first kappa shape index (κ1) is 12.1. The zero-order valence-electron chi connectivity index (χ0n) is 8.76. The van der Waals surface area contributed by atoms with Gasteiger partial charge in [0.2, 0.25) is 5.91 Å². The third-order valence-corrected chi connectivity index (χ3v) is 2.19. The number of hydrogen-bond acceptors (Lipinski definition) is 5. The maximum Gasteiger partial charge on any atom is 0.330 e. The fourth-order valence-corrected chi connectivity index (χ4v) is 1.32. The molecule has 1 aliphatic heterocycles. The molecule has 0 aromatic rings. The quantitative estimate of drug-likeness (QED) is 0.363. The summed E-state index contributed by atoms with van der Waals surface area (Å²) in [5.74, 6) is -2.13. The van der Waals surface area contributed by atoms with E-state index >= 15 is 0 Å². The van der Waals surface area contributed by atoms with E-state index in [0.717, 1.165) is 11.0 Å². The van der Waals surface area contributed by atoms with Crippen molar-refractivity contribution in [3.05, 3.63) is 12.7 Å². The van der Waals surface area contributed by atoms with Gasteiger partial charge in [-0.3, -0.25) is 19.3 Å². The van der Waals surface area contributed by atoms with Crippen molar-refractivity contribution in [1.29, 1.82) is 0 Å². The Bertz CT molecular complexity index is 373. The van der Waals surface area contributed by atoms with Crippen LogP contribution < -0.4 is 0 Å². The SMILES string of the molecule is C=CC(=O)OCC(=O)N1C(=O)CC1C(C)=O. The number of Topliss-reactive ketones (excluding diaryl/α,β-unsaturated/α-hetero) is 1. The van der Waals surface area contributed by atoms with Crippen LogP contribution >= 0.6 is 0 Å². The highest BCUT2D eigenvalue weighted by Gasteiger charge is 2.43. The molecular weight excluding hydrogens is 214 g/mol. The molecule has 0 radical (unpaired) electrons. The van der Waals surface area contributed by atoms with Gasteiger partial charge in [0.15, 0.2) is 12.4 Å². The van der Waals surface area contributed by atoms with Gasteiger partial charge in [-0.05, 0) is 6.92 Å². The Morgan fingerprint density at radius 3 is 2.62 bits per heavy atom. The third-order valence-electron chi connectivity index (χ3n) is 2.19. The van der Waals surface area contributed by atoms with E-state index in [1.165, 1.54) is 6.92 Å². The van der Waals surface area contributed by atoms with E-state index in [1.54, 1.807) is 0 Å². The average molecular weight is 225 g/mol. The average Bonchev–Trinajstić information content (AvgIpc) is 2.21. The monoisotopic (exact) mass is 225 g/mol. The molecule has 1 heterocycles. The summed E-state index contributed by atoms with van der Waals surface area (Å²) in [6.07, 6.45) is 0.949. The van der Waals surface area contributed by atoms with Gasteiger partial charge in [-0.15, -0.1) is 0 Å². The van der Waals surface area contributed by atoms with Crippen LogP contribution in [0.5, 0.6) is 0 Å². The van der Waals surface area contributed by atoms with Gasteiger partial charge in [-0.1, -0.05) is 6.58 Å². The number of amides is 2. The highest BCUT2D eigenvalue weighted by molar-refractivity contribution is 6.08. The molecule has 0 saturated carbocycles. The van der Waals surface area contributed by atoms with Crippen molar-refractivity contribution in [3.63, 3.8) is 0 Å². The number of ether oxygens (including phenoxy) is 1. The molecule has 0 N–H and O–H groups in total. The maximum absolute atomic E-state index is 11.4. The van der Waals surface area contributed by atoms with Crippen molar-refractivity contribution in [1.82, 2.24) is 4.90 Å². The summed E-state index contributed by atoms with van der Waals surface area (Å²) in [6, 6.07) is -0.706. The minimum absolute atomic E-state index is 0.0382. The second kappa shape index (κ2) is 4.69. The van der Waals surface area contributed by atoms with E-state index in [0.29, 0.717) is 0 Å². The van der Waals surface area contributed by atoms with Crippen molar-refractivity contribution in [3.8, 4) is 0 Å². The number of carbonyl (C=O) groups is 4. The minimum atomic E-state index is -0.749. The summed E-state index contributed by atoms with van der Waals surface area (Å²) < 4.78 is 4.47. The van der Waals surface area contributed by atoms with Crippen LogP contribution in [-0.2, 0) is 23.9 Å². The van der Waals surface area contributed by atoms with Crippen molar-refractivity contribution in [2.24, 2.45) is 0 Å². The van der Waals surface area contributed by atoms with Gasteiger partial charge in [0.25, 0.3) is 5.91 Å². The molecule has 0 aliphatic carbocycles. The Morgan fingerprint density at radius 1 is 1.56 bits per heavy atom. The Hall–Kier alpha value is -1.98. The van der Waals surface area contributed by atoms with E-state index in [4.69, 9.17) is 0 Å². The number of carbonyl (C=O) groups excluding carboxylic acids is 4. The molecule has 1 saturated heterocycles. The second-order valence-electron chi connectivity index (χ2n) is 3.30. The molecule has 0 spiro atoms. The fourth-order valence-electron chi connectivity index (χ4n) is 1.32. The van der Waals surface area contributed by atoms with Crippen molar-refractivity contribution in [2.45, 2.75) is 19.4 Å². The summed E-state index contributed by atoms with van der Waals surface area (Å²) in [5.41, 5.74) is 0. The molecule has 1 atom stereocenters. The lowest BCUT2D eigenvalue weighted by Crippen LogP contribution is -2.59. The molecule has 0 aromatic carbocycles. The number of hydrogen-bond donors (Lipinski definition) is 0. The zero-order valence-corrected chi connectivity index (χ0v) is 8.76. The lowest BCUT2D eigenvalue weighted by Gasteiger charge is -2.36. The number of esters is 1. The topological polar surface area (TPSA) is 80.8 Å². The smallest absolute Gasteiger partial charge is 0.330 e. The van der Waals surface area contributed by atoms with Crippen LogP contribution in [0.4, 0.5) is 0 Å². The number of imide groups is 1. The van der Waals surface area contributed by atoms with E-state index in [2.05, 4.69) is 11.3 Å². The van der Waals surface area contributed by atoms with E-state index < -0.39 is 30.4 Å². The van der Waals surface area contributed by atoms with Crippen LogP contribution in [0.1, 0.15) is 13.3 Å². The summed E-state index contributed by atoms with van der Waals surface area (Å²) in [5, 5.41) is 0. The summed E-state index contributed by atoms with van der Waals surface area (Å²) in [4.78, 5) is 45.0. The number of nitrogens with zero attached hydrogens (tertiary/aromatic N) is 1. The van der Waals surface area contributed by atoms with Crippen LogP contribution in [0.2, 0.25) is 0 Å². The largest absolute Gasteiger partial charge is 0.452 e. The highest BCUT2D eigenvalue weighted by atomic mass is 16.5. The molecule has 1 rings (SSSR count). The lowest BCUT2D eigenvalue weighted by atomic mass is 9.98. The zero-order chi connectivity index (χ0) is 12.3. The molecule has 86 valence electrons. The Balaban J connectivity index is 2.53. The Labute approximate surface area is 91.8 Å². The summed E-state index contributed by atoms with van der Waals surface area (Å²) in [7, 11) is 0. The van der Waals surface area contributed by atoms with Gasteiger partial charge in [0.1, 0.15) is 6.04 Å². The van der Waals surface area contributed by atoms with Gasteiger partial charge in [0, 0.05) is 6.08 Å². The van der Waals surface area contributed by atoms with Gasteiger partial charge in [-0.2, -0.15) is 0 Å². The predicted molar refractivity (Wildman–Crippen MR) is 52.1 cm³/mol. The lowest BCUT2D eigenvalue weighted by molar-refractivity contribution is -0.166. The number of β-lactam (4-membered cyclic amide) rings is 1. The van der Waals surface area contributed by atoms with Gasteiger partial charge < -0.3 is 4.74 Å². The van der Waals surface area contributed by atoms with Crippen LogP contribution in [0.25, 0.3) is 0 Å². The van der Waals surface area contributed by atoms with Gasteiger partial charge >= 0.3 is 5.97 Å². The molecule has 0 aromatic heterocycles. The van der Waals surface area contributed by atoms with E-state index in [1.807, 2.05) is 0 Å². The van der Waals surface area contributed by atoms with Crippen molar-refractivity contribution in [2.75, 3.05) is 6.61 Å². The second-order valence-corrected chi connectivity index (χ2v) is 3.30. The number of ketones is 1. The van der Waals surface area contributed by atoms with Gasteiger partial charge in [0.05, 0.1) is 6.42 Å². The van der Waals surface area contributed by atoms with E-state index in [-0.39, 0.29) is 12.2 Å². The molecule has 6 heteroatoms. The van der Waals surface area contributed by atoms with Crippen molar-refractivity contribution < 1.29 is 23.9 Å². The molecule has 16 heavy (non-hydrogen) atoms. The van der Waals surface area contributed by atoms with E-state index in [9.17, 15) is 19.2 Å². The Kier molecular flexibility index (Phi) is 3.55. The minimum Gasteiger partial charge on any atom is -0.452 e. The first-order valence-electron chi connectivity index (χ1n) is 4.62. The standard InChI is InChI=1S/C10H11NO5/c1-3-10(15)16-5-9(14)11-7(6(2)12)4-8(11)13/h3,7H,1,4-5H2,2H3. The van der Waals surface area contributed by atoms with Crippen LogP contribution in [0.3, 0.4) is 0 Å². The molecular formula is C10H11NO5. The molecule has 1 fully saturated rings. The van der Waals surface area contributed by atoms with Crippen molar-refractivity contribution >= 4 is 23.6 Å². The highest BCUT2D eigenvalue weighted by Crippen LogP contribution is 2.20. The molecule has 0 bridgehead atoms. The van der Waals surface area contributed by atoms with Crippen LogP contribution in [0.15, 0.2) is 12.7 Å². The maximum atomic E-state index is 11.4. The molecule has 1 unspecified atom stereocenters. The van der Waals surface area contributed by atoms with Gasteiger partial charge in [-0.25, -0.2) is 4.79 Å². The summed E-state index contributed by atoms with van der Waals surface area (Å²) in [6.45, 7) is 3.90. The first-order valence-corrected chi connectivity index (χ1v) is 4.62. The fraction of sp³-hybridized carbons (Fsp3) is 0.400. The molecule has 1 aliphatic rings. The number of likely N-dealkylation sites (tertiary alicyclic amines) is 1. The Morgan fingerprint density at radius 2 is 2.19 bits per heavy atom. The molecule has 2 amide bonds. The normalized spacial score (nSPS) is 18.7. The summed E-state index contributed by atoms with van der Waals surface area (Å²) >= 11 is 0. The molecule has 6 nitrogen and oxygen atoms in total. The third kappa shape index (κ3) is 2.33. The van der Waals surface area contributed by atoms with Crippen LogP contribution in [0, 0.1) is 0 Å².